The van der Waals surface area contributed by atoms with E-state index in [0.717, 1.165) is 16.4 Å². The molecule has 0 radical (unpaired) electrons. The first-order chi connectivity index (χ1) is 20.4. The van der Waals surface area contributed by atoms with Gasteiger partial charge in [0.05, 0.1) is 10.6 Å². The van der Waals surface area contributed by atoms with E-state index < -0.39 is 40.2 Å². The van der Waals surface area contributed by atoms with Crippen molar-refractivity contribution in [3.8, 4) is 11.5 Å². The lowest BCUT2D eigenvalue weighted by molar-refractivity contribution is -0.139. The minimum absolute atomic E-state index is 0.0471. The molecule has 1 aliphatic rings. The van der Waals surface area contributed by atoms with Crippen LogP contribution >= 0.6 is 23.2 Å². The summed E-state index contributed by atoms with van der Waals surface area (Å²) in [6.45, 7) is 5.07. The molecule has 43 heavy (non-hydrogen) atoms. The molecule has 1 N–H and O–H groups in total. The maximum absolute atomic E-state index is 14.0. The summed E-state index contributed by atoms with van der Waals surface area (Å²) in [5, 5.41) is 3.53. The van der Waals surface area contributed by atoms with Crippen molar-refractivity contribution in [2.24, 2.45) is 0 Å². The zero-order valence-corrected chi connectivity index (χ0v) is 26.2. The molecule has 3 aromatic rings. The quantitative estimate of drug-likeness (QED) is 0.296. The summed E-state index contributed by atoms with van der Waals surface area (Å²) < 4.78 is 53.9. The van der Waals surface area contributed by atoms with E-state index in [4.69, 9.17) is 32.7 Å². The first kappa shape index (κ1) is 32.4. The molecule has 0 saturated carbocycles. The first-order valence-electron chi connectivity index (χ1n) is 13.6. The number of hydrogen-bond acceptors (Lipinski definition) is 6. The lowest BCUT2D eigenvalue weighted by Crippen LogP contribution is -2.52. The number of halogens is 3. The van der Waals surface area contributed by atoms with Crippen LogP contribution in [0.5, 0.6) is 11.5 Å². The summed E-state index contributed by atoms with van der Waals surface area (Å²) in [7, 11) is -4.40. The second kappa shape index (κ2) is 13.8. The molecular weight excluding hydrogens is 620 g/mol. The maximum Gasteiger partial charge on any atom is 0.264 e. The Kier molecular flexibility index (Phi) is 10.4. The Morgan fingerprint density at radius 2 is 1.65 bits per heavy atom. The van der Waals surface area contributed by atoms with Gasteiger partial charge in [0.1, 0.15) is 31.6 Å². The fourth-order valence-electron chi connectivity index (χ4n) is 4.33. The fourth-order valence-corrected chi connectivity index (χ4v) is 6.23. The van der Waals surface area contributed by atoms with Crippen molar-refractivity contribution in [1.29, 1.82) is 0 Å². The predicted molar refractivity (Wildman–Crippen MR) is 163 cm³/mol. The van der Waals surface area contributed by atoms with Gasteiger partial charge in [-0.15, -0.1) is 0 Å². The monoisotopic (exact) mass is 651 g/mol. The van der Waals surface area contributed by atoms with Gasteiger partial charge in [-0.2, -0.15) is 0 Å². The number of anilines is 1. The zero-order valence-electron chi connectivity index (χ0n) is 23.8. The van der Waals surface area contributed by atoms with E-state index >= 15 is 0 Å². The zero-order chi connectivity index (χ0) is 31.3. The largest absolute Gasteiger partial charge is 0.486 e. The Labute approximate surface area is 260 Å². The van der Waals surface area contributed by atoms with Crippen molar-refractivity contribution in [3.63, 3.8) is 0 Å². The Balaban J connectivity index is 1.73. The van der Waals surface area contributed by atoms with Crippen LogP contribution in [0.25, 0.3) is 0 Å². The average molecular weight is 653 g/mol. The van der Waals surface area contributed by atoms with E-state index in [2.05, 4.69) is 5.32 Å². The fraction of sp³-hybridized carbons (Fsp3) is 0.333. The molecule has 1 aliphatic heterocycles. The van der Waals surface area contributed by atoms with Crippen molar-refractivity contribution in [2.75, 3.05) is 24.1 Å². The summed E-state index contributed by atoms with van der Waals surface area (Å²) in [6.07, 6.45) is 0.668. The molecule has 1 heterocycles. The van der Waals surface area contributed by atoms with Crippen LogP contribution in [-0.2, 0) is 26.2 Å². The number of rotatable bonds is 11. The van der Waals surface area contributed by atoms with Gasteiger partial charge in [0, 0.05) is 28.7 Å². The molecule has 13 heteroatoms. The smallest absolute Gasteiger partial charge is 0.264 e. The number of sulfonamides is 1. The third-order valence-corrected chi connectivity index (χ3v) is 9.38. The van der Waals surface area contributed by atoms with Crippen LogP contribution in [0.4, 0.5) is 10.1 Å². The summed E-state index contributed by atoms with van der Waals surface area (Å²) in [6, 6.07) is 12.5. The highest BCUT2D eigenvalue weighted by Gasteiger charge is 2.34. The molecule has 0 unspecified atom stereocenters. The third-order valence-electron chi connectivity index (χ3n) is 7.02. The van der Waals surface area contributed by atoms with E-state index in [1.54, 1.807) is 19.1 Å². The minimum atomic E-state index is -4.40. The number of carbonyl (C=O) groups is 2. The summed E-state index contributed by atoms with van der Waals surface area (Å²) in [4.78, 5) is 28.3. The molecule has 0 saturated heterocycles. The van der Waals surface area contributed by atoms with Gasteiger partial charge in [0.15, 0.2) is 11.5 Å². The van der Waals surface area contributed by atoms with Crippen molar-refractivity contribution < 1.29 is 31.9 Å². The molecular formula is C30H32Cl2FN3O6S. The average Bonchev–Trinajstić information content (AvgIpc) is 2.99. The first-order valence-corrected chi connectivity index (χ1v) is 15.8. The van der Waals surface area contributed by atoms with Crippen LogP contribution in [-0.4, -0.2) is 57.0 Å². The van der Waals surface area contributed by atoms with Gasteiger partial charge < -0.3 is 19.7 Å². The molecule has 0 fully saturated rings. The van der Waals surface area contributed by atoms with Crippen molar-refractivity contribution in [2.45, 2.75) is 50.7 Å². The van der Waals surface area contributed by atoms with Crippen LogP contribution in [0.3, 0.4) is 0 Å². The molecule has 3 aromatic carbocycles. The molecule has 0 bridgehead atoms. The van der Waals surface area contributed by atoms with Gasteiger partial charge in [-0.25, -0.2) is 12.8 Å². The maximum atomic E-state index is 14.0. The molecule has 4 rings (SSSR count). The van der Waals surface area contributed by atoms with E-state index in [-0.39, 0.29) is 40.5 Å². The van der Waals surface area contributed by atoms with Gasteiger partial charge in [0.2, 0.25) is 11.8 Å². The summed E-state index contributed by atoms with van der Waals surface area (Å²) >= 11 is 12.5. The number of ether oxygens (including phenoxy) is 2. The summed E-state index contributed by atoms with van der Waals surface area (Å²) in [5.41, 5.74) is 0.552. The van der Waals surface area contributed by atoms with E-state index in [9.17, 15) is 22.4 Å². The normalized spacial score (nSPS) is 14.0. The van der Waals surface area contributed by atoms with E-state index in [0.29, 0.717) is 29.4 Å². The number of nitrogens with zero attached hydrogens (tertiary/aromatic N) is 2. The lowest BCUT2D eigenvalue weighted by Gasteiger charge is -2.32. The molecule has 2 atom stereocenters. The number of fused-ring (bicyclic) bond motifs is 1. The SMILES string of the molecule is CC[C@H](C)NC(=O)[C@H](C)N(Cc1ccc(Cl)cc1Cl)C(=O)CN(c1ccc(F)cc1)S(=O)(=O)c1ccc2c(c1)OCCO2. The number of amides is 2. The van der Waals surface area contributed by atoms with Crippen molar-refractivity contribution in [1.82, 2.24) is 10.2 Å². The molecule has 0 aromatic heterocycles. The van der Waals surface area contributed by atoms with Gasteiger partial charge >= 0.3 is 0 Å². The van der Waals surface area contributed by atoms with Crippen LogP contribution in [0.15, 0.2) is 65.6 Å². The second-order valence-electron chi connectivity index (χ2n) is 10.0. The Hall–Kier alpha value is -3.54. The van der Waals surface area contributed by atoms with Gasteiger partial charge in [-0.3, -0.25) is 13.9 Å². The van der Waals surface area contributed by atoms with Crippen molar-refractivity contribution in [3.05, 3.63) is 82.1 Å². The Morgan fingerprint density at radius 3 is 2.30 bits per heavy atom. The Morgan fingerprint density at radius 1 is 0.977 bits per heavy atom. The molecule has 0 spiro atoms. The lowest BCUT2D eigenvalue weighted by atomic mass is 10.1. The highest BCUT2D eigenvalue weighted by molar-refractivity contribution is 7.92. The minimum Gasteiger partial charge on any atom is -0.486 e. The third kappa shape index (κ3) is 7.70. The van der Waals surface area contributed by atoms with Crippen LogP contribution in [0.1, 0.15) is 32.8 Å². The van der Waals surface area contributed by atoms with Gasteiger partial charge in [-0.1, -0.05) is 36.2 Å². The molecule has 2 amide bonds. The van der Waals surface area contributed by atoms with Crippen molar-refractivity contribution >= 4 is 50.7 Å². The highest BCUT2D eigenvalue weighted by atomic mass is 35.5. The topological polar surface area (TPSA) is 105 Å². The second-order valence-corrected chi connectivity index (χ2v) is 12.8. The van der Waals surface area contributed by atoms with Gasteiger partial charge in [0.25, 0.3) is 10.0 Å². The number of carbonyl (C=O) groups excluding carboxylic acids is 2. The Bertz CT molecular complexity index is 1590. The van der Waals surface area contributed by atoms with Crippen LogP contribution in [0.2, 0.25) is 10.0 Å². The highest BCUT2D eigenvalue weighted by Crippen LogP contribution is 2.34. The standard InChI is InChI=1S/C30H32Cl2FN3O6S/c1-4-19(2)34-30(38)20(3)35(17-21-5-6-22(31)15-26(21)32)29(37)18-36(24-9-7-23(33)8-10-24)43(39,40)25-11-12-27-28(16-25)42-14-13-41-27/h5-12,15-16,19-20H,4,13-14,17-18H2,1-3H3,(H,34,38)/t19-,20-/m0/s1. The van der Waals surface area contributed by atoms with Gasteiger partial charge in [-0.05, 0) is 74.4 Å². The van der Waals surface area contributed by atoms with Crippen LogP contribution < -0.4 is 19.1 Å². The predicted octanol–water partition coefficient (Wildman–Crippen LogP) is 5.43. The number of nitrogens with one attached hydrogen (secondary N) is 1. The molecule has 230 valence electrons. The number of benzene rings is 3. The molecule has 9 nitrogen and oxygen atoms in total. The van der Waals surface area contributed by atoms with Crippen LogP contribution in [0, 0.1) is 5.82 Å². The van der Waals surface area contributed by atoms with E-state index in [1.165, 1.54) is 41.3 Å². The van der Waals surface area contributed by atoms with E-state index in [1.807, 2.05) is 13.8 Å². The molecule has 0 aliphatic carbocycles. The number of hydrogen-bond donors (Lipinski definition) is 1. The summed E-state index contributed by atoms with van der Waals surface area (Å²) in [5.74, 6) is -1.06.